The number of hydrogen-bond donors (Lipinski definition) is 1. The first kappa shape index (κ1) is 9.35. The molecule has 1 aromatic rings. The molecule has 3 heteroatoms. The van der Waals surface area contributed by atoms with Crippen molar-refractivity contribution < 1.29 is 0 Å². The van der Waals surface area contributed by atoms with Gasteiger partial charge in [-0.3, -0.25) is 0 Å². The smallest absolute Gasteiger partial charge is 0.0638 e. The summed E-state index contributed by atoms with van der Waals surface area (Å²) in [5, 5.41) is 4.15. The maximum absolute atomic E-state index is 6.02. The molecule has 1 saturated carbocycles. The number of hydrogen-bond acceptors (Lipinski definition) is 1. The lowest BCUT2D eigenvalue weighted by Crippen LogP contribution is -2.03. The van der Waals surface area contributed by atoms with E-state index in [1.807, 2.05) is 18.2 Å². The molecule has 0 spiro atoms. The first-order chi connectivity index (χ1) is 6.25. The zero-order valence-corrected chi connectivity index (χ0v) is 9.53. The number of halogens is 2. The van der Waals surface area contributed by atoms with Crippen LogP contribution in [0.25, 0.3) is 0 Å². The van der Waals surface area contributed by atoms with Crippen LogP contribution >= 0.6 is 27.5 Å². The van der Waals surface area contributed by atoms with Crippen molar-refractivity contribution in [2.24, 2.45) is 5.92 Å². The number of anilines is 1. The number of nitrogens with one attached hydrogen (secondary N) is 1. The second-order valence-electron chi connectivity index (χ2n) is 3.45. The lowest BCUT2D eigenvalue weighted by molar-refractivity contribution is 0.889. The molecular formula is C10H11BrClN. The molecule has 2 rings (SSSR count). The fourth-order valence-electron chi connectivity index (χ4n) is 1.21. The molecule has 0 aliphatic heterocycles. The van der Waals surface area contributed by atoms with Crippen LogP contribution in [-0.4, -0.2) is 6.54 Å². The minimum absolute atomic E-state index is 0.795. The normalized spacial score (nSPS) is 15.8. The summed E-state index contributed by atoms with van der Waals surface area (Å²) < 4.78 is 1.06. The summed E-state index contributed by atoms with van der Waals surface area (Å²) in [6, 6.07) is 5.87. The molecule has 1 aromatic carbocycles. The largest absolute Gasteiger partial charge is 0.384 e. The highest BCUT2D eigenvalue weighted by Crippen LogP contribution is 2.31. The molecule has 0 radical (unpaired) electrons. The van der Waals surface area contributed by atoms with Gasteiger partial charge in [0.05, 0.1) is 10.7 Å². The molecule has 1 aliphatic rings. The fourth-order valence-corrected chi connectivity index (χ4v) is 1.75. The van der Waals surface area contributed by atoms with Gasteiger partial charge in [-0.2, -0.15) is 0 Å². The van der Waals surface area contributed by atoms with E-state index in [0.717, 1.165) is 27.6 Å². The van der Waals surface area contributed by atoms with Gasteiger partial charge in [0, 0.05) is 11.0 Å². The van der Waals surface area contributed by atoms with Gasteiger partial charge in [-0.05, 0) is 37.0 Å². The molecule has 0 saturated heterocycles. The van der Waals surface area contributed by atoms with Gasteiger partial charge in [0.25, 0.3) is 0 Å². The molecule has 1 fully saturated rings. The van der Waals surface area contributed by atoms with E-state index in [1.165, 1.54) is 12.8 Å². The van der Waals surface area contributed by atoms with E-state index in [4.69, 9.17) is 11.6 Å². The minimum atomic E-state index is 0.795. The molecule has 0 atom stereocenters. The van der Waals surface area contributed by atoms with Crippen LogP contribution < -0.4 is 5.32 Å². The monoisotopic (exact) mass is 259 g/mol. The van der Waals surface area contributed by atoms with Crippen molar-refractivity contribution in [1.29, 1.82) is 0 Å². The Morgan fingerprint density at radius 3 is 2.92 bits per heavy atom. The lowest BCUT2D eigenvalue weighted by atomic mass is 10.3. The van der Waals surface area contributed by atoms with Gasteiger partial charge in [0.1, 0.15) is 0 Å². The molecule has 0 amide bonds. The summed E-state index contributed by atoms with van der Waals surface area (Å²) in [7, 11) is 0. The zero-order chi connectivity index (χ0) is 9.26. The summed E-state index contributed by atoms with van der Waals surface area (Å²) in [6.45, 7) is 1.05. The van der Waals surface area contributed by atoms with Gasteiger partial charge in [-0.15, -0.1) is 0 Å². The van der Waals surface area contributed by atoms with E-state index in [0.29, 0.717) is 0 Å². The molecule has 1 aliphatic carbocycles. The zero-order valence-electron chi connectivity index (χ0n) is 7.19. The first-order valence-electron chi connectivity index (χ1n) is 4.44. The Balaban J connectivity index is 2.03. The molecule has 13 heavy (non-hydrogen) atoms. The van der Waals surface area contributed by atoms with Crippen molar-refractivity contribution in [2.45, 2.75) is 12.8 Å². The van der Waals surface area contributed by atoms with Crippen molar-refractivity contribution in [3.8, 4) is 0 Å². The van der Waals surface area contributed by atoms with Crippen LogP contribution in [-0.2, 0) is 0 Å². The Kier molecular flexibility index (Phi) is 2.80. The van der Waals surface area contributed by atoms with Gasteiger partial charge in [0.2, 0.25) is 0 Å². The third kappa shape index (κ3) is 2.61. The lowest BCUT2D eigenvalue weighted by Gasteiger charge is -2.07. The Morgan fingerprint density at radius 1 is 1.46 bits per heavy atom. The Hall–Kier alpha value is -0.210. The second-order valence-corrected chi connectivity index (χ2v) is 4.77. The first-order valence-corrected chi connectivity index (χ1v) is 5.62. The van der Waals surface area contributed by atoms with Crippen LogP contribution in [0.3, 0.4) is 0 Å². The van der Waals surface area contributed by atoms with E-state index in [-0.39, 0.29) is 0 Å². The van der Waals surface area contributed by atoms with E-state index in [9.17, 15) is 0 Å². The summed E-state index contributed by atoms with van der Waals surface area (Å²) in [4.78, 5) is 0. The topological polar surface area (TPSA) is 12.0 Å². The summed E-state index contributed by atoms with van der Waals surface area (Å²) in [5.41, 5.74) is 1.03. The molecule has 0 unspecified atom stereocenters. The molecular weight excluding hydrogens is 249 g/mol. The van der Waals surface area contributed by atoms with Crippen LogP contribution in [0.5, 0.6) is 0 Å². The number of rotatable bonds is 3. The van der Waals surface area contributed by atoms with Crippen molar-refractivity contribution in [2.75, 3.05) is 11.9 Å². The predicted octanol–water partition coefficient (Wildman–Crippen LogP) is 3.92. The van der Waals surface area contributed by atoms with Gasteiger partial charge < -0.3 is 5.32 Å². The second kappa shape index (κ2) is 3.89. The quantitative estimate of drug-likeness (QED) is 0.868. The van der Waals surface area contributed by atoms with Crippen LogP contribution in [0.4, 0.5) is 5.69 Å². The van der Waals surface area contributed by atoms with Gasteiger partial charge in [-0.1, -0.05) is 27.5 Å². The van der Waals surface area contributed by atoms with Gasteiger partial charge >= 0.3 is 0 Å². The molecule has 1 nitrogen and oxygen atoms in total. The maximum Gasteiger partial charge on any atom is 0.0638 e. The highest BCUT2D eigenvalue weighted by molar-refractivity contribution is 9.10. The molecule has 1 N–H and O–H groups in total. The van der Waals surface area contributed by atoms with Crippen molar-refractivity contribution in [3.05, 3.63) is 27.7 Å². The van der Waals surface area contributed by atoms with E-state index in [1.54, 1.807) is 0 Å². The highest BCUT2D eigenvalue weighted by atomic mass is 79.9. The van der Waals surface area contributed by atoms with Crippen LogP contribution in [0.1, 0.15) is 12.8 Å². The molecule has 0 aromatic heterocycles. The average Bonchev–Trinajstić information content (AvgIpc) is 2.90. The summed E-state index contributed by atoms with van der Waals surface area (Å²) in [6.07, 6.45) is 2.72. The predicted molar refractivity (Wildman–Crippen MR) is 60.4 cm³/mol. The van der Waals surface area contributed by atoms with Gasteiger partial charge in [0.15, 0.2) is 0 Å². The summed E-state index contributed by atoms with van der Waals surface area (Å²) in [5.74, 6) is 0.870. The molecule has 0 heterocycles. The van der Waals surface area contributed by atoms with Crippen LogP contribution in [0, 0.1) is 5.92 Å². The Labute approximate surface area is 91.6 Å². The summed E-state index contributed by atoms with van der Waals surface area (Å²) >= 11 is 9.44. The third-order valence-corrected chi connectivity index (χ3v) is 3.03. The average molecular weight is 261 g/mol. The standard InChI is InChI=1S/C10H11BrClN/c11-8-3-4-9(12)10(5-8)13-6-7-1-2-7/h3-5,7,13H,1-2,6H2. The van der Waals surface area contributed by atoms with E-state index in [2.05, 4.69) is 21.2 Å². The van der Waals surface area contributed by atoms with Crippen LogP contribution in [0.2, 0.25) is 5.02 Å². The highest BCUT2D eigenvalue weighted by Gasteiger charge is 2.20. The third-order valence-electron chi connectivity index (χ3n) is 2.21. The maximum atomic E-state index is 6.02. The Bertz CT molecular complexity index is 310. The molecule has 70 valence electrons. The SMILES string of the molecule is Clc1ccc(Br)cc1NCC1CC1. The fraction of sp³-hybridized carbons (Fsp3) is 0.400. The van der Waals surface area contributed by atoms with Crippen molar-refractivity contribution in [3.63, 3.8) is 0 Å². The minimum Gasteiger partial charge on any atom is -0.384 e. The van der Waals surface area contributed by atoms with Gasteiger partial charge in [-0.25, -0.2) is 0 Å². The van der Waals surface area contributed by atoms with Crippen LogP contribution in [0.15, 0.2) is 22.7 Å². The van der Waals surface area contributed by atoms with Crippen molar-refractivity contribution in [1.82, 2.24) is 0 Å². The number of benzene rings is 1. The van der Waals surface area contributed by atoms with E-state index >= 15 is 0 Å². The van der Waals surface area contributed by atoms with Crippen molar-refractivity contribution >= 4 is 33.2 Å². The van der Waals surface area contributed by atoms with E-state index < -0.39 is 0 Å². The Morgan fingerprint density at radius 2 is 2.23 bits per heavy atom. The molecule has 0 bridgehead atoms.